The van der Waals surface area contributed by atoms with Crippen molar-refractivity contribution in [3.63, 3.8) is 0 Å². The summed E-state index contributed by atoms with van der Waals surface area (Å²) in [6.07, 6.45) is -8.60. The third-order valence-corrected chi connectivity index (χ3v) is 21.7. The van der Waals surface area contributed by atoms with E-state index in [-0.39, 0.29) is 121 Å². The van der Waals surface area contributed by atoms with E-state index in [9.17, 15) is 89.1 Å². The molecule has 30 nitrogen and oxygen atoms in total. The second-order valence-corrected chi connectivity index (χ2v) is 36.2. The number of rotatable bonds is 21. The number of hydrogen-bond donors (Lipinski definition) is 16. The molecule has 39 heteroatoms. The number of thiol groups is 1. The summed E-state index contributed by atoms with van der Waals surface area (Å²) < 4.78 is 32.7. The SMILES string of the molecule is BrBr.CC(C)(C)CC(O)(CC(C)(C)C)C(=O)CBr.CN[C@@H](CS)C(N)=O.CN[C@@H](CSCC(=O)[C@]1(O)Cc2c(O)c3c(c(O)c2C(OC2CC(N)C(O)C(C)O2)C1)C(=O)c1c(OC)cccc1C3=O)C(N)=O.COc1cccc2c1C(=O)c1c(O)c3c(c(O)c1C2=O)C[C@@](O)(C(C)=O)CC3OC1CC(N)C(O)C(C)O1.ClC(Cl)(Cl)Cl. The van der Waals surface area contributed by atoms with E-state index < -0.39 is 193 Å². The number of fused-ring (bicyclic) bond motifs is 6. The van der Waals surface area contributed by atoms with Crippen LogP contribution in [0.1, 0.15) is 199 Å². The van der Waals surface area contributed by atoms with Gasteiger partial charge in [0.05, 0.1) is 107 Å². The van der Waals surface area contributed by atoms with Gasteiger partial charge < -0.3 is 108 Å². The summed E-state index contributed by atoms with van der Waals surface area (Å²) in [7, 11) is 5.88. The fourth-order valence-corrected chi connectivity index (χ4v) is 16.5. The second kappa shape index (κ2) is 41.6. The van der Waals surface area contributed by atoms with E-state index in [4.69, 9.17) is 97.8 Å². The first-order valence-electron chi connectivity index (χ1n) is 35.8. The maximum absolute atomic E-state index is 13.8. The molecule has 10 unspecified atom stereocenters. The lowest BCUT2D eigenvalue weighted by molar-refractivity contribution is -0.247. The van der Waals surface area contributed by atoms with Gasteiger partial charge in [-0.3, -0.25) is 43.2 Å². The van der Waals surface area contributed by atoms with Gasteiger partial charge in [-0.05, 0) is 70.7 Å². The van der Waals surface area contributed by atoms with Crippen LogP contribution < -0.4 is 43.0 Å². The lowest BCUT2D eigenvalue weighted by Crippen LogP contribution is -2.53. The van der Waals surface area contributed by atoms with E-state index in [0.29, 0.717) is 18.6 Å². The Morgan fingerprint density at radius 3 is 1.30 bits per heavy atom. The van der Waals surface area contributed by atoms with Gasteiger partial charge in [0.1, 0.15) is 51.3 Å². The standard InChI is InChI=1S/C31H37N3O11S.C27H29NO10.C13H25BrO2.C4H10N2OS.CCl4.Br2/c1-12-25(36)15(32)7-20(44-12)45-18-9-31(42,19(35)11-46-10-16(34-2)30(33)41)8-14-22(18)29(40)24-23(27(14)38)26(37)13-5-4-6-17(43-3)21(13)28(24)39;1-10-22(30)14(28)7-17(37-10)38-16-9-27(35,11(2)29)8-13-19(16)26(34)21-20(24(13)32)23(31)12-5-4-6-15(36-3)18(12)25(21)33;1-11(2,3)8-13(16,10(15)7-14)9-12(4,5)6;1-6-3(2-8)4(5)7;2-1(3,4)5;1-2/h4-6,12,15-16,18,20,25,34,36,38,40,42H,7-11,32H2,1-3H3,(H2,33,41);4-6,10,14,16-17,22,30,32,34-35H,7-9,28H2,1-3H3;16H,7-9H2,1-6H3;3,6,8H,2H2,1H3,(H2,5,7);;/t12?,15?,16-,18?,20?,25?,31-;10?,14?,16?,17?,22?,27-;;3-;;/m00.0../s1. The van der Waals surface area contributed by atoms with Crippen LogP contribution in [-0.2, 0) is 55.8 Å². The number of carbonyl (C=O) groups excluding carboxylic acids is 9. The zero-order valence-electron chi connectivity index (χ0n) is 65.3. The second-order valence-electron chi connectivity index (χ2n) is 30.8. The number of phenols is 4. The number of likely N-dealkylation sites (N-methyl/N-ethyl adjacent to an activating group) is 2. The largest absolute Gasteiger partial charge is 0.507 e. The number of amides is 2. The fraction of sp³-hybridized carbons (Fsp3) is 0.566. The Hall–Kier alpha value is -4.91. The Kier molecular flexibility index (Phi) is 36.4. The van der Waals surface area contributed by atoms with Crippen LogP contribution in [0.5, 0.6) is 34.5 Å². The van der Waals surface area contributed by atoms with Crippen LogP contribution in [0.25, 0.3) is 0 Å². The van der Waals surface area contributed by atoms with E-state index in [1.807, 2.05) is 41.5 Å². The number of halogens is 7. The molecular formula is C76H101Br3Cl4N6O24S2. The number of aromatic hydroxyl groups is 4. The number of hydrogen-bond acceptors (Lipinski definition) is 30. The number of carbonyl (C=O) groups is 9. The molecule has 2 saturated heterocycles. The third kappa shape index (κ3) is 24.3. The first-order chi connectivity index (χ1) is 53.2. The van der Waals surface area contributed by atoms with E-state index >= 15 is 0 Å². The van der Waals surface area contributed by atoms with Crippen LogP contribution in [0.4, 0.5) is 0 Å². The molecule has 0 radical (unpaired) electrons. The molecule has 0 saturated carbocycles. The van der Waals surface area contributed by atoms with Crippen LogP contribution in [0.3, 0.4) is 0 Å². The maximum atomic E-state index is 13.8. The minimum absolute atomic E-state index is 0.0117. The lowest BCUT2D eigenvalue weighted by atomic mass is 9.72. The predicted octanol–water partition coefficient (Wildman–Crippen LogP) is 7.63. The Labute approximate surface area is 719 Å². The number of primary amides is 2. The average molecular weight is 1930 g/mol. The normalized spacial score (nSPS) is 24.6. The number of aliphatic hydroxyl groups is 5. The van der Waals surface area contributed by atoms with Gasteiger partial charge in [-0.15, -0.1) is 0 Å². The van der Waals surface area contributed by atoms with Gasteiger partial charge >= 0.3 is 0 Å². The molecular weight excluding hydrogens is 1830 g/mol. The monoisotopic (exact) mass is 1920 g/mol. The number of aliphatic hydroxyl groups excluding tert-OH is 2. The number of thioether (sulfide) groups is 1. The van der Waals surface area contributed by atoms with Crippen LogP contribution in [-0.4, -0.2) is 230 Å². The number of alkyl halides is 5. The van der Waals surface area contributed by atoms with Crippen molar-refractivity contribution >= 4 is 167 Å². The Bertz CT molecular complexity index is 4220. The fourth-order valence-electron chi connectivity index (χ4n) is 14.4. The first kappa shape index (κ1) is 101. The molecule has 0 spiro atoms. The van der Waals surface area contributed by atoms with Crippen molar-refractivity contribution in [1.29, 1.82) is 0 Å². The molecule has 4 aromatic carbocycles. The smallest absolute Gasteiger partial charge is 0.266 e. The highest BCUT2D eigenvalue weighted by Crippen LogP contribution is 2.55. The number of benzene rings is 4. The Morgan fingerprint density at radius 1 is 0.635 bits per heavy atom. The molecule has 0 aromatic heterocycles. The molecule has 0 bridgehead atoms. The molecule has 19 N–H and O–H groups in total. The van der Waals surface area contributed by atoms with Gasteiger partial charge in [-0.1, -0.05) is 128 Å². The molecule has 2 heterocycles. The minimum atomic E-state index is -2.17. The van der Waals surface area contributed by atoms with Gasteiger partial charge in [-0.2, -0.15) is 24.4 Å². The molecule has 4 aromatic rings. The zero-order valence-corrected chi connectivity index (χ0v) is 74.8. The highest BCUT2D eigenvalue weighted by molar-refractivity contribution is 9.93. The summed E-state index contributed by atoms with van der Waals surface area (Å²) in [5.74, 6) is -7.38. The molecule has 2 aliphatic heterocycles. The van der Waals surface area contributed by atoms with Crippen LogP contribution in [0.2, 0.25) is 0 Å². The quantitative estimate of drug-likeness (QED) is 0.0187. The summed E-state index contributed by atoms with van der Waals surface area (Å²) in [5, 5.41) is 106. The van der Waals surface area contributed by atoms with Crippen molar-refractivity contribution in [3.8, 4) is 34.5 Å². The van der Waals surface area contributed by atoms with Gasteiger partial charge in [-0.25, -0.2) is 0 Å². The molecule has 2 fully saturated rings. The summed E-state index contributed by atoms with van der Waals surface area (Å²) in [6.45, 7) is 16.6. The summed E-state index contributed by atoms with van der Waals surface area (Å²) in [6, 6.07) is 6.37. The number of Topliss-reactive ketones (excluding diaryl/α,β-unsaturated/α-hetero) is 3. The first-order valence-corrected chi connectivity index (χ1v) is 43.9. The molecule has 115 heavy (non-hydrogen) atoms. The molecule has 640 valence electrons. The third-order valence-electron chi connectivity index (χ3n) is 19.8. The van der Waals surface area contributed by atoms with Crippen molar-refractivity contribution in [3.05, 3.63) is 103 Å². The van der Waals surface area contributed by atoms with Crippen LogP contribution in [0.15, 0.2) is 36.4 Å². The molecule has 6 aliphatic rings. The summed E-state index contributed by atoms with van der Waals surface area (Å²) in [4.78, 5) is 114. The minimum Gasteiger partial charge on any atom is -0.507 e. The number of phenolic OH excluding ortho intramolecular Hbond substituents is 4. The average Bonchev–Trinajstić information content (AvgIpc) is 0.715. The van der Waals surface area contributed by atoms with Crippen molar-refractivity contribution in [2.24, 2.45) is 33.8 Å². The van der Waals surface area contributed by atoms with Crippen molar-refractivity contribution in [2.45, 2.75) is 207 Å². The number of nitrogens with one attached hydrogen (secondary N) is 2. The van der Waals surface area contributed by atoms with Crippen molar-refractivity contribution < 1.29 is 118 Å². The highest BCUT2D eigenvalue weighted by atomic mass is 80.9. The van der Waals surface area contributed by atoms with Crippen molar-refractivity contribution in [2.75, 3.05) is 50.9 Å². The molecule has 10 rings (SSSR count). The summed E-state index contributed by atoms with van der Waals surface area (Å²) in [5.41, 5.74) is 14.5. The number of nitrogens with two attached hydrogens (primary N) is 4. The predicted molar refractivity (Wildman–Crippen MR) is 446 cm³/mol. The van der Waals surface area contributed by atoms with Gasteiger partial charge in [0, 0.05) is 124 Å². The van der Waals surface area contributed by atoms with Gasteiger partial charge in [0.15, 0.2) is 41.5 Å². The van der Waals surface area contributed by atoms with Gasteiger partial charge in [0.2, 0.25) is 23.4 Å². The van der Waals surface area contributed by atoms with Crippen LogP contribution in [0, 0.1) is 10.8 Å². The zero-order chi connectivity index (χ0) is 87.6. The van der Waals surface area contributed by atoms with E-state index in [1.165, 1.54) is 57.5 Å². The van der Waals surface area contributed by atoms with E-state index in [0.717, 1.165) is 11.8 Å². The van der Waals surface area contributed by atoms with Crippen LogP contribution >= 0.6 is 115 Å². The van der Waals surface area contributed by atoms with Crippen molar-refractivity contribution in [1.82, 2.24) is 10.6 Å². The molecule has 4 aliphatic carbocycles. The maximum Gasteiger partial charge on any atom is 0.266 e. The van der Waals surface area contributed by atoms with E-state index in [1.54, 1.807) is 27.9 Å². The highest BCUT2D eigenvalue weighted by Gasteiger charge is 2.53. The Morgan fingerprint density at radius 2 is 0.991 bits per heavy atom. The van der Waals surface area contributed by atoms with Gasteiger partial charge in [0.25, 0.3) is 3.25 Å². The molecule has 14 atom stereocenters. The van der Waals surface area contributed by atoms with E-state index in [2.05, 4.69) is 67.4 Å². The lowest BCUT2D eigenvalue weighted by Gasteiger charge is -2.42. The Balaban J connectivity index is 0.000000304. The molecule has 2 amide bonds. The number of ketones is 7. The summed E-state index contributed by atoms with van der Waals surface area (Å²) >= 11 is 32.9. The number of methoxy groups -OCH3 is 2. The topological polar surface area (TPSA) is 519 Å². The number of ether oxygens (including phenoxy) is 6.